The van der Waals surface area contributed by atoms with E-state index in [4.69, 9.17) is 0 Å². The Balaban J connectivity index is 1.79. The molecule has 2 nitrogen and oxygen atoms in total. The fourth-order valence-corrected chi connectivity index (χ4v) is 6.36. The van der Waals surface area contributed by atoms with Crippen molar-refractivity contribution in [3.05, 3.63) is 144 Å². The summed E-state index contributed by atoms with van der Waals surface area (Å²) in [6.07, 6.45) is 0.899. The third kappa shape index (κ3) is 5.12. The van der Waals surface area contributed by atoms with Crippen LogP contribution in [-0.2, 0) is 22.7 Å². The number of hydrogen-bond acceptors (Lipinski definition) is 2. The lowest BCUT2D eigenvalue weighted by atomic mass is 10.0. The van der Waals surface area contributed by atoms with Gasteiger partial charge in [0.1, 0.15) is 0 Å². The maximum Gasteiger partial charge on any atom is 0.164 e. The molecule has 0 spiro atoms. The number of benzene rings is 4. The van der Waals surface area contributed by atoms with Crippen molar-refractivity contribution in [3.63, 3.8) is 0 Å². The van der Waals surface area contributed by atoms with Gasteiger partial charge < -0.3 is 0 Å². The van der Waals surface area contributed by atoms with Gasteiger partial charge in [0.05, 0.1) is 10.5 Å². The molecule has 0 radical (unpaired) electrons. The van der Waals surface area contributed by atoms with E-state index in [0.717, 1.165) is 22.3 Å². The Bertz CT molecular complexity index is 1080. The van der Waals surface area contributed by atoms with Crippen LogP contribution in [0, 0.1) is 0 Å². The molecule has 0 bridgehead atoms. The van der Waals surface area contributed by atoms with Gasteiger partial charge in [0, 0.05) is 0 Å². The van der Waals surface area contributed by atoms with Crippen LogP contribution in [0.4, 0.5) is 0 Å². The van der Waals surface area contributed by atoms with Crippen LogP contribution in [0.25, 0.3) is 0 Å². The number of rotatable bonds is 8. The summed E-state index contributed by atoms with van der Waals surface area (Å²) in [4.78, 5) is 0. The van der Waals surface area contributed by atoms with E-state index < -0.39 is 20.3 Å². The van der Waals surface area contributed by atoms with Crippen molar-refractivity contribution >= 4 is 9.84 Å². The highest BCUT2D eigenvalue weighted by molar-refractivity contribution is 7.91. The van der Waals surface area contributed by atoms with Crippen molar-refractivity contribution in [1.29, 1.82) is 0 Å². The van der Waals surface area contributed by atoms with Crippen LogP contribution >= 0.6 is 0 Å². The molecule has 0 aliphatic rings. The number of sulfone groups is 1. The molecular weight excluding hydrogens is 400 g/mol. The Morgan fingerprint density at radius 1 is 0.452 bits per heavy atom. The van der Waals surface area contributed by atoms with Gasteiger partial charge in [-0.2, -0.15) is 0 Å². The summed E-state index contributed by atoms with van der Waals surface area (Å²) in [5, 5.41) is -1.24. The van der Waals surface area contributed by atoms with Gasteiger partial charge in [-0.15, -0.1) is 0 Å². The first-order valence-corrected chi connectivity index (χ1v) is 12.2. The first kappa shape index (κ1) is 21.1. The molecule has 0 fully saturated rings. The molecule has 0 N–H and O–H groups in total. The van der Waals surface area contributed by atoms with Gasteiger partial charge in [-0.25, -0.2) is 8.42 Å². The molecule has 0 aliphatic heterocycles. The molecule has 0 amide bonds. The van der Waals surface area contributed by atoms with Crippen LogP contribution in [0.1, 0.15) is 32.8 Å². The minimum Gasteiger partial charge on any atom is -0.228 e. The van der Waals surface area contributed by atoms with Gasteiger partial charge in [0.15, 0.2) is 9.84 Å². The van der Waals surface area contributed by atoms with Gasteiger partial charge in [0.2, 0.25) is 0 Å². The lowest BCUT2D eigenvalue weighted by molar-refractivity contribution is 0.565. The molecule has 0 saturated carbocycles. The Labute approximate surface area is 185 Å². The zero-order valence-corrected chi connectivity index (χ0v) is 18.2. The Morgan fingerprint density at radius 2 is 0.742 bits per heavy atom. The Morgan fingerprint density at radius 3 is 1.06 bits per heavy atom. The predicted octanol–water partition coefficient (Wildman–Crippen LogP) is 6.37. The highest BCUT2D eigenvalue weighted by atomic mass is 32.2. The first-order valence-electron chi connectivity index (χ1n) is 10.5. The van der Waals surface area contributed by atoms with Crippen molar-refractivity contribution in [2.45, 2.75) is 23.3 Å². The summed E-state index contributed by atoms with van der Waals surface area (Å²) in [5.41, 5.74) is 3.71. The van der Waals surface area contributed by atoms with Gasteiger partial charge in [0.25, 0.3) is 0 Å². The molecule has 2 atom stereocenters. The van der Waals surface area contributed by atoms with Crippen LogP contribution in [-0.4, -0.2) is 8.42 Å². The van der Waals surface area contributed by atoms with Gasteiger partial charge in [-0.1, -0.05) is 121 Å². The Hall–Kier alpha value is -3.17. The summed E-state index contributed by atoms with van der Waals surface area (Å²) in [6.45, 7) is 0. The number of hydrogen-bond donors (Lipinski definition) is 0. The monoisotopic (exact) mass is 426 g/mol. The fraction of sp³-hybridized carbons (Fsp3) is 0.143. The average molecular weight is 427 g/mol. The average Bonchev–Trinajstić information content (AvgIpc) is 2.83. The van der Waals surface area contributed by atoms with E-state index in [2.05, 4.69) is 0 Å². The second-order valence-corrected chi connectivity index (χ2v) is 10.1. The lowest BCUT2D eigenvalue weighted by Gasteiger charge is -2.26. The molecular formula is C28H26O2S. The fourth-order valence-electron chi connectivity index (χ4n) is 4.04. The summed E-state index contributed by atoms with van der Waals surface area (Å²) < 4.78 is 28.5. The molecule has 0 heterocycles. The molecule has 0 saturated heterocycles. The maximum atomic E-state index is 14.2. The first-order chi connectivity index (χ1) is 15.1. The lowest BCUT2D eigenvalue weighted by Crippen LogP contribution is -2.24. The van der Waals surface area contributed by atoms with Gasteiger partial charge in [-0.05, 0) is 35.1 Å². The van der Waals surface area contributed by atoms with Crippen LogP contribution < -0.4 is 0 Å². The van der Waals surface area contributed by atoms with Crippen molar-refractivity contribution in [2.24, 2.45) is 0 Å². The van der Waals surface area contributed by atoms with E-state index in [-0.39, 0.29) is 0 Å². The van der Waals surface area contributed by atoms with E-state index >= 15 is 0 Å². The van der Waals surface area contributed by atoms with Crippen molar-refractivity contribution < 1.29 is 8.42 Å². The van der Waals surface area contributed by atoms with E-state index in [9.17, 15) is 8.42 Å². The molecule has 156 valence electrons. The quantitative estimate of drug-likeness (QED) is 0.328. The molecule has 4 aromatic rings. The standard InChI is InChI=1S/C28H26O2S/c29-31(30,27(25-17-9-3-10-18-25)21-23-13-5-1-6-14-23)28(26-19-11-4-12-20-26)22-24-15-7-2-8-16-24/h1-20,27-28H,21-22H2. The SMILES string of the molecule is O=S(=O)(C(Cc1ccccc1)c1ccccc1)C(Cc1ccccc1)c1ccccc1. The highest BCUT2D eigenvalue weighted by Crippen LogP contribution is 2.38. The molecule has 0 aliphatic carbocycles. The zero-order valence-electron chi connectivity index (χ0n) is 17.3. The van der Waals surface area contributed by atoms with Crippen LogP contribution in [0.3, 0.4) is 0 Å². The zero-order chi connectivity index (χ0) is 21.5. The summed E-state index contributed by atoms with van der Waals surface area (Å²) in [6, 6.07) is 39.0. The van der Waals surface area contributed by atoms with E-state index in [0.29, 0.717) is 12.8 Å². The van der Waals surface area contributed by atoms with Crippen molar-refractivity contribution in [2.75, 3.05) is 0 Å². The third-order valence-corrected chi connectivity index (χ3v) is 8.13. The maximum absolute atomic E-state index is 14.2. The molecule has 3 heteroatoms. The smallest absolute Gasteiger partial charge is 0.164 e. The minimum absolute atomic E-state index is 0.450. The van der Waals surface area contributed by atoms with Crippen LogP contribution in [0.5, 0.6) is 0 Å². The minimum atomic E-state index is -3.57. The highest BCUT2D eigenvalue weighted by Gasteiger charge is 2.36. The summed E-state index contributed by atoms with van der Waals surface area (Å²) >= 11 is 0. The van der Waals surface area contributed by atoms with Gasteiger partial charge in [-0.3, -0.25) is 0 Å². The summed E-state index contributed by atoms with van der Waals surface area (Å²) in [5.74, 6) is 0. The topological polar surface area (TPSA) is 34.1 Å². The molecule has 4 aromatic carbocycles. The van der Waals surface area contributed by atoms with E-state index in [1.807, 2.05) is 121 Å². The van der Waals surface area contributed by atoms with Gasteiger partial charge >= 0.3 is 0 Å². The predicted molar refractivity (Wildman–Crippen MR) is 128 cm³/mol. The second-order valence-electron chi connectivity index (χ2n) is 7.77. The molecule has 4 rings (SSSR count). The van der Waals surface area contributed by atoms with E-state index in [1.54, 1.807) is 0 Å². The largest absolute Gasteiger partial charge is 0.228 e. The molecule has 31 heavy (non-hydrogen) atoms. The second kappa shape index (κ2) is 9.76. The van der Waals surface area contributed by atoms with Crippen LogP contribution in [0.2, 0.25) is 0 Å². The normalized spacial score (nSPS) is 13.4. The third-order valence-electron chi connectivity index (χ3n) is 5.66. The molecule has 2 unspecified atom stereocenters. The Kier molecular flexibility index (Phi) is 6.63. The van der Waals surface area contributed by atoms with E-state index in [1.165, 1.54) is 0 Å². The van der Waals surface area contributed by atoms with Crippen molar-refractivity contribution in [3.8, 4) is 0 Å². The molecule has 0 aromatic heterocycles. The van der Waals surface area contributed by atoms with Crippen molar-refractivity contribution in [1.82, 2.24) is 0 Å². The summed E-state index contributed by atoms with van der Waals surface area (Å²) in [7, 11) is -3.57. The van der Waals surface area contributed by atoms with Crippen LogP contribution in [0.15, 0.2) is 121 Å².